The van der Waals surface area contributed by atoms with Crippen LogP contribution in [0, 0.1) is 34.0 Å². The van der Waals surface area contributed by atoms with E-state index in [0.29, 0.717) is 12.8 Å². The van der Waals surface area contributed by atoms with Gasteiger partial charge in [0.15, 0.2) is 0 Å². The van der Waals surface area contributed by atoms with Gasteiger partial charge in [-0.15, -0.1) is 0 Å². The van der Waals surface area contributed by atoms with E-state index in [1.165, 1.54) is 0 Å². The first-order valence-corrected chi connectivity index (χ1v) is 10.7. The second-order valence-corrected chi connectivity index (χ2v) is 9.89. The molecule has 3 unspecified atom stereocenters. The fraction of sp³-hybridized carbons (Fsp3) is 0.909. The molecule has 3 rings (SSSR count). The number of Topliss-reactive ketones (excluding diaryl/α,β-unsaturated/α-hetero) is 1. The molecule has 0 saturated heterocycles. The van der Waals surface area contributed by atoms with Crippen LogP contribution in [-0.4, -0.2) is 52.5 Å². The van der Waals surface area contributed by atoms with Gasteiger partial charge in [0, 0.05) is 23.2 Å². The van der Waals surface area contributed by atoms with Crippen molar-refractivity contribution in [1.29, 1.82) is 0 Å². The summed E-state index contributed by atoms with van der Waals surface area (Å²) in [5, 5.41) is 31.1. The molecule has 8 atom stereocenters. The quantitative estimate of drug-likeness (QED) is 0.629. The van der Waals surface area contributed by atoms with Crippen LogP contribution in [0.5, 0.6) is 0 Å². The van der Waals surface area contributed by atoms with Crippen LogP contribution in [0.25, 0.3) is 0 Å². The molecule has 28 heavy (non-hydrogen) atoms. The molecule has 0 aromatic carbocycles. The Morgan fingerprint density at radius 2 is 1.93 bits per heavy atom. The van der Waals surface area contributed by atoms with Crippen molar-refractivity contribution < 1.29 is 29.6 Å². The maximum absolute atomic E-state index is 13.2. The molecule has 6 heteroatoms. The van der Waals surface area contributed by atoms with Gasteiger partial charge in [-0.1, -0.05) is 27.7 Å². The molecule has 3 N–H and O–H groups in total. The highest BCUT2D eigenvalue weighted by Crippen LogP contribution is 2.68. The minimum absolute atomic E-state index is 0.127. The average molecular weight is 397 g/mol. The molecule has 0 aliphatic heterocycles. The summed E-state index contributed by atoms with van der Waals surface area (Å²) in [4.78, 5) is 25.3. The van der Waals surface area contributed by atoms with Crippen LogP contribution in [0.2, 0.25) is 0 Å². The van der Waals surface area contributed by atoms with E-state index in [4.69, 9.17) is 4.74 Å². The van der Waals surface area contributed by atoms with E-state index >= 15 is 0 Å². The first kappa shape index (κ1) is 21.7. The lowest BCUT2D eigenvalue weighted by molar-refractivity contribution is -0.219. The summed E-state index contributed by atoms with van der Waals surface area (Å²) < 4.78 is 5.77. The molecule has 6 nitrogen and oxygen atoms in total. The van der Waals surface area contributed by atoms with E-state index in [1.54, 1.807) is 0 Å². The molecule has 3 saturated carbocycles. The summed E-state index contributed by atoms with van der Waals surface area (Å²) in [7, 11) is 0. The number of aliphatic hydroxyl groups is 3. The third-order valence-corrected chi connectivity index (χ3v) is 9.18. The number of carbonyl (C=O) groups is 2. The molecule has 2 bridgehead atoms. The van der Waals surface area contributed by atoms with E-state index in [9.17, 15) is 24.9 Å². The first-order valence-electron chi connectivity index (χ1n) is 10.7. The third kappa shape index (κ3) is 2.78. The molecule has 0 spiro atoms. The number of hydrogen-bond donors (Lipinski definition) is 3. The summed E-state index contributed by atoms with van der Waals surface area (Å²) in [5.74, 6) is -0.770. The van der Waals surface area contributed by atoms with E-state index in [0.717, 1.165) is 19.3 Å². The number of ketones is 1. The lowest BCUT2D eigenvalue weighted by Crippen LogP contribution is -2.64. The van der Waals surface area contributed by atoms with Crippen molar-refractivity contribution >= 4 is 11.8 Å². The Labute approximate surface area is 167 Å². The lowest BCUT2D eigenvalue weighted by Gasteiger charge is -2.62. The molecule has 3 fully saturated rings. The highest BCUT2D eigenvalue weighted by molar-refractivity contribution is 5.85. The van der Waals surface area contributed by atoms with Gasteiger partial charge in [0.2, 0.25) is 0 Å². The fourth-order valence-corrected chi connectivity index (χ4v) is 7.05. The minimum atomic E-state index is -0.804. The van der Waals surface area contributed by atoms with Gasteiger partial charge in [-0.2, -0.15) is 0 Å². The van der Waals surface area contributed by atoms with Crippen LogP contribution in [0.3, 0.4) is 0 Å². The van der Waals surface area contributed by atoms with Gasteiger partial charge in [0.05, 0.1) is 12.7 Å². The van der Waals surface area contributed by atoms with Crippen LogP contribution >= 0.6 is 0 Å². The van der Waals surface area contributed by atoms with Gasteiger partial charge < -0.3 is 20.1 Å². The Bertz CT molecular complexity index is 629. The van der Waals surface area contributed by atoms with Crippen LogP contribution < -0.4 is 0 Å². The zero-order chi connectivity index (χ0) is 20.9. The lowest BCUT2D eigenvalue weighted by atomic mass is 9.43. The first-order chi connectivity index (χ1) is 13.1. The standard InChI is InChI=1S/C22H36O6/c1-5-21(12-24)10-16(28-17(26)11-23)20(4)13(2)6-8-22(14(3)19(21)27)9-7-15(25)18(20)22/h13-14,16,18-19,23-24,27H,5-12H2,1-4H3/t13-,14-,16-,18?,19?,20+,21-,22?/m1/s1. The number of hydrogen-bond acceptors (Lipinski definition) is 6. The third-order valence-electron chi connectivity index (χ3n) is 9.18. The van der Waals surface area contributed by atoms with Gasteiger partial charge in [-0.05, 0) is 49.4 Å². The summed E-state index contributed by atoms with van der Waals surface area (Å²) in [6, 6.07) is 0. The second-order valence-electron chi connectivity index (χ2n) is 9.89. The zero-order valence-corrected chi connectivity index (χ0v) is 17.6. The number of aliphatic hydroxyl groups excluding tert-OH is 3. The van der Waals surface area contributed by atoms with Gasteiger partial charge in [0.25, 0.3) is 0 Å². The highest BCUT2D eigenvalue weighted by Gasteiger charge is 2.68. The van der Waals surface area contributed by atoms with Crippen molar-refractivity contribution in [2.75, 3.05) is 13.2 Å². The zero-order valence-electron chi connectivity index (χ0n) is 17.6. The maximum Gasteiger partial charge on any atom is 0.332 e. The smallest absolute Gasteiger partial charge is 0.332 e. The summed E-state index contributed by atoms with van der Waals surface area (Å²) in [6.07, 6.45) is 2.41. The highest BCUT2D eigenvalue weighted by atomic mass is 16.6. The molecule has 0 aromatic heterocycles. The summed E-state index contributed by atoms with van der Waals surface area (Å²) >= 11 is 0. The molecule has 3 aliphatic carbocycles. The minimum Gasteiger partial charge on any atom is -0.460 e. The molecule has 0 radical (unpaired) electrons. The number of carbonyl (C=O) groups excluding carboxylic acids is 2. The Hall–Kier alpha value is -0.980. The van der Waals surface area contributed by atoms with E-state index < -0.39 is 35.6 Å². The number of esters is 1. The molecule has 160 valence electrons. The van der Waals surface area contributed by atoms with Crippen molar-refractivity contribution in [3.63, 3.8) is 0 Å². The van der Waals surface area contributed by atoms with Crippen LogP contribution in [0.15, 0.2) is 0 Å². The number of rotatable bonds is 4. The summed E-state index contributed by atoms with van der Waals surface area (Å²) in [6.45, 7) is 7.22. The largest absolute Gasteiger partial charge is 0.460 e. The Morgan fingerprint density at radius 3 is 2.50 bits per heavy atom. The topological polar surface area (TPSA) is 104 Å². The fourth-order valence-electron chi connectivity index (χ4n) is 7.05. The van der Waals surface area contributed by atoms with Gasteiger partial charge >= 0.3 is 5.97 Å². The predicted molar refractivity (Wildman–Crippen MR) is 103 cm³/mol. The van der Waals surface area contributed by atoms with E-state index in [1.807, 2.05) is 13.8 Å². The van der Waals surface area contributed by atoms with Crippen molar-refractivity contribution in [1.82, 2.24) is 0 Å². The van der Waals surface area contributed by atoms with Crippen molar-refractivity contribution in [2.45, 2.75) is 78.4 Å². The predicted octanol–water partition coefficient (Wildman–Crippen LogP) is 2.08. The normalized spacial score (nSPS) is 48.5. The summed E-state index contributed by atoms with van der Waals surface area (Å²) in [5.41, 5.74) is -1.72. The van der Waals surface area contributed by atoms with Crippen LogP contribution in [-0.2, 0) is 14.3 Å². The average Bonchev–Trinajstić information content (AvgIpc) is 3.04. The Balaban J connectivity index is 2.22. The number of ether oxygens (including phenoxy) is 1. The molecule has 0 heterocycles. The SMILES string of the molecule is CC[C@]1(CO)C[C@@H](OC(=O)CO)[C@@]2(C)C3C(=O)CCC3(CC[C@H]2C)[C@H](C)C1O. The van der Waals surface area contributed by atoms with E-state index in [2.05, 4.69) is 13.8 Å². The molecular weight excluding hydrogens is 360 g/mol. The molecular formula is C22H36O6. The van der Waals surface area contributed by atoms with Gasteiger partial charge in [-0.3, -0.25) is 4.79 Å². The van der Waals surface area contributed by atoms with Gasteiger partial charge in [0.1, 0.15) is 18.5 Å². The molecule has 3 aliphatic rings. The monoisotopic (exact) mass is 396 g/mol. The molecule has 0 aromatic rings. The Kier molecular flexibility index (Phi) is 5.72. The van der Waals surface area contributed by atoms with Crippen molar-refractivity contribution in [3.8, 4) is 0 Å². The van der Waals surface area contributed by atoms with Crippen LogP contribution in [0.4, 0.5) is 0 Å². The second kappa shape index (κ2) is 7.37. The van der Waals surface area contributed by atoms with Crippen LogP contribution in [0.1, 0.15) is 66.2 Å². The van der Waals surface area contributed by atoms with E-state index in [-0.39, 0.29) is 42.0 Å². The van der Waals surface area contributed by atoms with Gasteiger partial charge in [-0.25, -0.2) is 4.79 Å². The Morgan fingerprint density at radius 1 is 1.25 bits per heavy atom. The van der Waals surface area contributed by atoms with Crippen molar-refractivity contribution in [3.05, 3.63) is 0 Å². The molecule has 0 amide bonds. The van der Waals surface area contributed by atoms with Crippen molar-refractivity contribution in [2.24, 2.45) is 34.0 Å². The maximum atomic E-state index is 13.2.